The molecule has 0 unspecified atom stereocenters. The standard InChI is InChI=1S/C10H8N2S/c1-2-7-3-4-8(5-11)9-6-12-13-10(7)9/h3-4,6H,2H2,1H3. The van der Waals surface area contributed by atoms with E-state index in [9.17, 15) is 0 Å². The molecule has 0 N–H and O–H groups in total. The highest BCUT2D eigenvalue weighted by atomic mass is 32.1. The maximum absolute atomic E-state index is 8.84. The fourth-order valence-corrected chi connectivity index (χ4v) is 2.24. The van der Waals surface area contributed by atoms with E-state index in [2.05, 4.69) is 17.4 Å². The molecule has 0 radical (unpaired) electrons. The van der Waals surface area contributed by atoms with Crippen LogP contribution in [0.15, 0.2) is 18.3 Å². The van der Waals surface area contributed by atoms with E-state index >= 15 is 0 Å². The smallest absolute Gasteiger partial charge is 0.0999 e. The second-order valence-electron chi connectivity index (χ2n) is 2.81. The lowest BCUT2D eigenvalue weighted by Gasteiger charge is -1.98. The molecule has 2 nitrogen and oxygen atoms in total. The Labute approximate surface area is 80.6 Å². The van der Waals surface area contributed by atoms with Crippen molar-refractivity contribution >= 4 is 21.6 Å². The van der Waals surface area contributed by atoms with Gasteiger partial charge in [-0.05, 0) is 29.6 Å². The van der Waals surface area contributed by atoms with Crippen molar-refractivity contribution < 1.29 is 0 Å². The Morgan fingerprint density at radius 1 is 1.54 bits per heavy atom. The van der Waals surface area contributed by atoms with Crippen LogP contribution in [0.25, 0.3) is 10.1 Å². The third-order valence-corrected chi connectivity index (χ3v) is 2.98. The first-order chi connectivity index (χ1) is 6.36. The summed E-state index contributed by atoms with van der Waals surface area (Å²) in [5.74, 6) is 0. The van der Waals surface area contributed by atoms with E-state index in [1.165, 1.54) is 17.1 Å². The van der Waals surface area contributed by atoms with Crippen molar-refractivity contribution in [1.82, 2.24) is 4.37 Å². The van der Waals surface area contributed by atoms with Crippen LogP contribution in [0.3, 0.4) is 0 Å². The van der Waals surface area contributed by atoms with Gasteiger partial charge in [0.15, 0.2) is 0 Å². The number of rotatable bonds is 1. The molecule has 64 valence electrons. The van der Waals surface area contributed by atoms with Crippen molar-refractivity contribution in [3.05, 3.63) is 29.5 Å². The zero-order valence-electron chi connectivity index (χ0n) is 7.24. The highest BCUT2D eigenvalue weighted by molar-refractivity contribution is 7.13. The van der Waals surface area contributed by atoms with Gasteiger partial charge in [0.05, 0.1) is 16.3 Å². The summed E-state index contributed by atoms with van der Waals surface area (Å²) < 4.78 is 5.26. The quantitative estimate of drug-likeness (QED) is 0.690. The van der Waals surface area contributed by atoms with Gasteiger partial charge >= 0.3 is 0 Å². The van der Waals surface area contributed by atoms with E-state index in [0.717, 1.165) is 22.1 Å². The number of fused-ring (bicyclic) bond motifs is 1. The van der Waals surface area contributed by atoms with Crippen LogP contribution in [0.1, 0.15) is 18.1 Å². The molecule has 0 saturated heterocycles. The maximum Gasteiger partial charge on any atom is 0.0999 e. The first-order valence-corrected chi connectivity index (χ1v) is 4.90. The van der Waals surface area contributed by atoms with Crippen molar-refractivity contribution in [3.8, 4) is 6.07 Å². The second kappa shape index (κ2) is 3.15. The first-order valence-electron chi connectivity index (χ1n) is 4.13. The molecular weight excluding hydrogens is 180 g/mol. The first kappa shape index (κ1) is 8.21. The summed E-state index contributed by atoms with van der Waals surface area (Å²) in [7, 11) is 0. The maximum atomic E-state index is 8.84. The molecule has 1 heterocycles. The van der Waals surface area contributed by atoms with Crippen molar-refractivity contribution in [3.63, 3.8) is 0 Å². The van der Waals surface area contributed by atoms with Crippen molar-refractivity contribution in [1.29, 1.82) is 5.26 Å². The minimum Gasteiger partial charge on any atom is -0.200 e. The fraction of sp³-hybridized carbons (Fsp3) is 0.200. The molecule has 0 saturated carbocycles. The molecule has 1 aromatic carbocycles. The van der Waals surface area contributed by atoms with Gasteiger partial charge in [0.1, 0.15) is 0 Å². The molecule has 1 aromatic heterocycles. The largest absolute Gasteiger partial charge is 0.200 e. The lowest BCUT2D eigenvalue weighted by molar-refractivity contribution is 1.16. The zero-order chi connectivity index (χ0) is 9.26. The van der Waals surface area contributed by atoms with E-state index in [4.69, 9.17) is 5.26 Å². The zero-order valence-corrected chi connectivity index (χ0v) is 8.06. The molecule has 2 rings (SSSR count). The number of hydrogen-bond donors (Lipinski definition) is 0. The normalized spacial score (nSPS) is 10.2. The number of hydrogen-bond acceptors (Lipinski definition) is 3. The molecular formula is C10H8N2S. The number of nitriles is 1. The van der Waals surface area contributed by atoms with Gasteiger partial charge < -0.3 is 0 Å². The fourth-order valence-electron chi connectivity index (χ4n) is 1.39. The Kier molecular flexibility index (Phi) is 1.99. The van der Waals surface area contributed by atoms with Gasteiger partial charge in [-0.15, -0.1) is 0 Å². The Hall–Kier alpha value is -1.40. The van der Waals surface area contributed by atoms with E-state index in [0.29, 0.717) is 0 Å². The Morgan fingerprint density at radius 2 is 2.38 bits per heavy atom. The molecule has 0 bridgehead atoms. The van der Waals surface area contributed by atoms with E-state index < -0.39 is 0 Å². The summed E-state index contributed by atoms with van der Waals surface area (Å²) in [6, 6.07) is 6.06. The van der Waals surface area contributed by atoms with Gasteiger partial charge in [-0.1, -0.05) is 13.0 Å². The second-order valence-corrected chi connectivity index (χ2v) is 3.61. The summed E-state index contributed by atoms with van der Waals surface area (Å²) in [5.41, 5.74) is 2.00. The van der Waals surface area contributed by atoms with Crippen LogP contribution in [-0.4, -0.2) is 4.37 Å². The molecule has 0 spiro atoms. The minimum atomic E-state index is 0.723. The highest BCUT2D eigenvalue weighted by Gasteiger charge is 2.05. The molecule has 0 aliphatic rings. The van der Waals surface area contributed by atoms with E-state index in [-0.39, 0.29) is 0 Å². The minimum absolute atomic E-state index is 0.723. The average molecular weight is 188 g/mol. The predicted octanol–water partition coefficient (Wildman–Crippen LogP) is 2.73. The van der Waals surface area contributed by atoms with Gasteiger partial charge in [-0.25, -0.2) is 0 Å². The summed E-state index contributed by atoms with van der Waals surface area (Å²) in [6.07, 6.45) is 2.77. The number of nitrogens with zero attached hydrogens (tertiary/aromatic N) is 2. The van der Waals surface area contributed by atoms with Crippen LogP contribution in [0.2, 0.25) is 0 Å². The molecule has 0 aliphatic heterocycles. The number of benzene rings is 1. The molecule has 0 aliphatic carbocycles. The third-order valence-electron chi connectivity index (χ3n) is 2.10. The van der Waals surface area contributed by atoms with Gasteiger partial charge in [0, 0.05) is 11.6 Å². The van der Waals surface area contributed by atoms with E-state index in [1.54, 1.807) is 6.20 Å². The van der Waals surface area contributed by atoms with Crippen LogP contribution in [0.4, 0.5) is 0 Å². The Bertz CT molecular complexity index is 479. The topological polar surface area (TPSA) is 36.7 Å². The highest BCUT2D eigenvalue weighted by Crippen LogP contribution is 2.25. The van der Waals surface area contributed by atoms with Crippen LogP contribution in [0.5, 0.6) is 0 Å². The summed E-state index contributed by atoms with van der Waals surface area (Å²) in [5, 5.41) is 9.84. The number of aryl methyl sites for hydroxylation is 1. The molecule has 2 aromatic rings. The van der Waals surface area contributed by atoms with Crippen molar-refractivity contribution in [2.75, 3.05) is 0 Å². The van der Waals surface area contributed by atoms with Crippen molar-refractivity contribution in [2.45, 2.75) is 13.3 Å². The molecule has 0 fully saturated rings. The van der Waals surface area contributed by atoms with Crippen LogP contribution in [-0.2, 0) is 6.42 Å². The van der Waals surface area contributed by atoms with Crippen LogP contribution < -0.4 is 0 Å². The average Bonchev–Trinajstić information content (AvgIpc) is 2.64. The third kappa shape index (κ3) is 1.20. The van der Waals surface area contributed by atoms with Gasteiger partial charge in [-0.3, -0.25) is 0 Å². The van der Waals surface area contributed by atoms with Gasteiger partial charge in [0.25, 0.3) is 0 Å². The lowest BCUT2D eigenvalue weighted by Crippen LogP contribution is -1.82. The molecule has 13 heavy (non-hydrogen) atoms. The monoisotopic (exact) mass is 188 g/mol. The Balaban J connectivity index is 2.83. The molecule has 3 heteroatoms. The van der Waals surface area contributed by atoms with Crippen LogP contribution >= 0.6 is 11.5 Å². The Morgan fingerprint density at radius 3 is 3.08 bits per heavy atom. The number of aromatic nitrogens is 1. The predicted molar refractivity (Wildman–Crippen MR) is 53.7 cm³/mol. The molecule has 0 amide bonds. The van der Waals surface area contributed by atoms with E-state index in [1.807, 2.05) is 12.1 Å². The van der Waals surface area contributed by atoms with Gasteiger partial charge in [0.2, 0.25) is 0 Å². The SMILES string of the molecule is CCc1ccc(C#N)c2cnsc12. The summed E-state index contributed by atoms with van der Waals surface area (Å²) in [4.78, 5) is 0. The van der Waals surface area contributed by atoms with Crippen molar-refractivity contribution in [2.24, 2.45) is 0 Å². The van der Waals surface area contributed by atoms with Gasteiger partial charge in [-0.2, -0.15) is 9.64 Å². The summed E-state index contributed by atoms with van der Waals surface area (Å²) in [6.45, 7) is 2.11. The van der Waals surface area contributed by atoms with Crippen LogP contribution in [0, 0.1) is 11.3 Å². The lowest BCUT2D eigenvalue weighted by atomic mass is 10.1. The molecule has 0 atom stereocenters. The summed E-state index contributed by atoms with van der Waals surface area (Å²) >= 11 is 1.47.